The smallest absolute Gasteiger partial charge is 0.230 e. The van der Waals surface area contributed by atoms with Crippen LogP contribution >= 0.6 is 11.3 Å². The van der Waals surface area contributed by atoms with Crippen LogP contribution in [0.1, 0.15) is 29.3 Å². The summed E-state index contributed by atoms with van der Waals surface area (Å²) in [5.74, 6) is 0.628. The van der Waals surface area contributed by atoms with Crippen LogP contribution in [-0.2, 0) is 9.59 Å². The van der Waals surface area contributed by atoms with Gasteiger partial charge in [0.25, 0.3) is 0 Å². The number of nitrogens with one attached hydrogen (secondary N) is 1. The van der Waals surface area contributed by atoms with E-state index < -0.39 is 5.92 Å². The molecule has 2 aromatic carbocycles. The molecule has 0 aliphatic carbocycles. The number of hydrogen-bond acceptors (Lipinski definition) is 5. The summed E-state index contributed by atoms with van der Waals surface area (Å²) < 4.78 is 10.7. The largest absolute Gasteiger partial charge is 0.497 e. The van der Waals surface area contributed by atoms with E-state index in [2.05, 4.69) is 5.32 Å². The van der Waals surface area contributed by atoms with Crippen LogP contribution in [0.5, 0.6) is 11.5 Å². The number of hydrogen-bond donors (Lipinski definition) is 1. The van der Waals surface area contributed by atoms with Gasteiger partial charge in [0.1, 0.15) is 11.5 Å². The predicted octanol–water partition coefficient (Wildman–Crippen LogP) is 5.20. The lowest BCUT2D eigenvalue weighted by Gasteiger charge is -2.40. The van der Waals surface area contributed by atoms with Gasteiger partial charge in [-0.3, -0.25) is 9.59 Å². The first-order chi connectivity index (χ1) is 15.5. The van der Waals surface area contributed by atoms with Gasteiger partial charge >= 0.3 is 0 Å². The van der Waals surface area contributed by atoms with Gasteiger partial charge in [-0.15, -0.1) is 11.3 Å². The number of aryl methyl sites for hydroxylation is 1. The van der Waals surface area contributed by atoms with E-state index in [1.54, 1.807) is 48.7 Å². The van der Waals surface area contributed by atoms with E-state index in [9.17, 15) is 9.59 Å². The Morgan fingerprint density at radius 1 is 1.09 bits per heavy atom. The van der Waals surface area contributed by atoms with E-state index >= 15 is 0 Å². The molecule has 6 nitrogen and oxygen atoms in total. The maximum atomic E-state index is 13.5. The minimum atomic E-state index is -0.413. The van der Waals surface area contributed by atoms with Crippen LogP contribution in [0.25, 0.3) is 0 Å². The molecule has 1 aliphatic rings. The third kappa shape index (κ3) is 4.34. The highest BCUT2D eigenvalue weighted by atomic mass is 32.1. The van der Waals surface area contributed by atoms with E-state index in [0.717, 1.165) is 16.1 Å². The number of nitrogens with zero attached hydrogens (tertiary/aromatic N) is 1. The Balaban J connectivity index is 1.70. The molecule has 2 unspecified atom stereocenters. The molecule has 4 rings (SSSR count). The molecular weight excluding hydrogens is 424 g/mol. The molecule has 2 heterocycles. The van der Waals surface area contributed by atoms with E-state index in [0.29, 0.717) is 30.0 Å². The summed E-state index contributed by atoms with van der Waals surface area (Å²) in [6.45, 7) is 2.01. The minimum Gasteiger partial charge on any atom is -0.497 e. The molecule has 0 saturated carbocycles. The molecular formula is C25H26N2O4S. The Morgan fingerprint density at radius 2 is 1.88 bits per heavy atom. The minimum absolute atomic E-state index is 0.0234. The Labute approximate surface area is 191 Å². The van der Waals surface area contributed by atoms with E-state index in [4.69, 9.17) is 9.47 Å². The van der Waals surface area contributed by atoms with Gasteiger partial charge < -0.3 is 19.7 Å². The third-order valence-electron chi connectivity index (χ3n) is 5.75. The number of carbonyl (C=O) groups excluding carboxylic acids is 2. The number of ether oxygens (including phenoxy) is 2. The summed E-state index contributed by atoms with van der Waals surface area (Å²) in [5, 5.41) is 4.99. The highest BCUT2D eigenvalue weighted by Crippen LogP contribution is 2.42. The number of amides is 2. The van der Waals surface area contributed by atoms with Gasteiger partial charge in [-0.2, -0.15) is 0 Å². The lowest BCUT2D eigenvalue weighted by Crippen LogP contribution is -2.46. The van der Waals surface area contributed by atoms with Crippen molar-refractivity contribution in [1.82, 2.24) is 0 Å². The first-order valence-corrected chi connectivity index (χ1v) is 11.3. The zero-order valence-corrected chi connectivity index (χ0v) is 19.1. The molecule has 0 spiro atoms. The van der Waals surface area contributed by atoms with Crippen molar-refractivity contribution in [3.63, 3.8) is 0 Å². The number of piperidine rings is 1. The maximum absolute atomic E-state index is 13.5. The fraction of sp³-hybridized carbons (Fsp3) is 0.280. The molecule has 1 aliphatic heterocycles. The van der Waals surface area contributed by atoms with Crippen LogP contribution in [0.2, 0.25) is 0 Å². The second-order valence-electron chi connectivity index (χ2n) is 7.76. The third-order valence-corrected chi connectivity index (χ3v) is 6.69. The van der Waals surface area contributed by atoms with Crippen LogP contribution < -0.4 is 19.7 Å². The van der Waals surface area contributed by atoms with Crippen LogP contribution in [-0.4, -0.2) is 26.0 Å². The lowest BCUT2D eigenvalue weighted by molar-refractivity contribution is -0.125. The standard InChI is InChI=1S/C25H26N2O4S/c1-16-6-8-17(9-7-16)27-23(28)13-11-19(24(27)22-5-4-14-32-22)25(29)26-20-15-18(30-2)10-12-21(20)31-3/h4-10,12,14-15,19,24H,11,13H2,1-3H3,(H,26,29). The molecule has 32 heavy (non-hydrogen) atoms. The van der Waals surface area contributed by atoms with Crippen LogP contribution in [0.3, 0.4) is 0 Å². The first kappa shape index (κ1) is 21.9. The van der Waals surface area contributed by atoms with Gasteiger partial charge in [0.05, 0.1) is 31.9 Å². The molecule has 1 saturated heterocycles. The van der Waals surface area contributed by atoms with Crippen molar-refractivity contribution in [1.29, 1.82) is 0 Å². The van der Waals surface area contributed by atoms with Crippen LogP contribution in [0.4, 0.5) is 11.4 Å². The monoisotopic (exact) mass is 450 g/mol. The van der Waals surface area contributed by atoms with Crippen molar-refractivity contribution >= 4 is 34.5 Å². The van der Waals surface area contributed by atoms with Crippen molar-refractivity contribution in [3.05, 3.63) is 70.4 Å². The molecule has 1 aromatic heterocycles. The van der Waals surface area contributed by atoms with Crippen molar-refractivity contribution in [2.75, 3.05) is 24.4 Å². The molecule has 2 amide bonds. The number of benzene rings is 2. The number of thiophene rings is 1. The summed E-state index contributed by atoms with van der Waals surface area (Å²) in [5.41, 5.74) is 2.46. The summed E-state index contributed by atoms with van der Waals surface area (Å²) in [6, 6.07) is 16.7. The lowest BCUT2D eigenvalue weighted by atomic mass is 9.86. The Kier molecular flexibility index (Phi) is 6.46. The molecule has 0 bridgehead atoms. The molecule has 0 radical (unpaired) electrons. The normalized spacial score (nSPS) is 18.3. The van der Waals surface area contributed by atoms with Gasteiger partial charge in [-0.1, -0.05) is 23.8 Å². The second kappa shape index (κ2) is 9.44. The second-order valence-corrected chi connectivity index (χ2v) is 8.74. The van der Waals surface area contributed by atoms with Gasteiger partial charge in [0.15, 0.2) is 0 Å². The summed E-state index contributed by atoms with van der Waals surface area (Å²) in [4.78, 5) is 29.4. The molecule has 1 N–H and O–H groups in total. The van der Waals surface area contributed by atoms with E-state index in [1.807, 2.05) is 48.7 Å². The molecule has 3 aromatic rings. The maximum Gasteiger partial charge on any atom is 0.230 e. The zero-order valence-electron chi connectivity index (χ0n) is 18.3. The van der Waals surface area contributed by atoms with E-state index in [-0.39, 0.29) is 17.9 Å². The highest BCUT2D eigenvalue weighted by molar-refractivity contribution is 7.10. The number of carbonyl (C=O) groups is 2. The molecule has 2 atom stereocenters. The fourth-order valence-electron chi connectivity index (χ4n) is 4.10. The SMILES string of the molecule is COc1ccc(OC)c(NC(=O)C2CCC(=O)N(c3ccc(C)cc3)C2c2cccs2)c1. The van der Waals surface area contributed by atoms with Crippen molar-refractivity contribution in [2.24, 2.45) is 5.92 Å². The van der Waals surface area contributed by atoms with Crippen LogP contribution in [0, 0.1) is 12.8 Å². The van der Waals surface area contributed by atoms with Crippen molar-refractivity contribution < 1.29 is 19.1 Å². The number of rotatable bonds is 6. The Hall–Kier alpha value is -3.32. The van der Waals surface area contributed by atoms with Crippen molar-refractivity contribution in [2.45, 2.75) is 25.8 Å². The fourth-order valence-corrected chi connectivity index (χ4v) is 4.98. The summed E-state index contributed by atoms with van der Waals surface area (Å²) in [7, 11) is 3.14. The average Bonchev–Trinajstić information content (AvgIpc) is 3.34. The van der Waals surface area contributed by atoms with Gasteiger partial charge in [-0.05, 0) is 49.1 Å². The summed E-state index contributed by atoms with van der Waals surface area (Å²) >= 11 is 1.56. The van der Waals surface area contributed by atoms with Gasteiger partial charge in [0.2, 0.25) is 11.8 Å². The molecule has 7 heteroatoms. The predicted molar refractivity (Wildman–Crippen MR) is 127 cm³/mol. The van der Waals surface area contributed by atoms with Crippen molar-refractivity contribution in [3.8, 4) is 11.5 Å². The Morgan fingerprint density at radius 3 is 2.53 bits per heavy atom. The number of anilines is 2. The number of methoxy groups -OCH3 is 2. The Bertz CT molecular complexity index is 1100. The summed E-state index contributed by atoms with van der Waals surface area (Å²) in [6.07, 6.45) is 0.783. The topological polar surface area (TPSA) is 67.9 Å². The highest BCUT2D eigenvalue weighted by Gasteiger charge is 2.42. The molecule has 166 valence electrons. The quantitative estimate of drug-likeness (QED) is 0.561. The zero-order chi connectivity index (χ0) is 22.7. The van der Waals surface area contributed by atoms with Crippen LogP contribution in [0.15, 0.2) is 60.0 Å². The van der Waals surface area contributed by atoms with Gasteiger partial charge in [0, 0.05) is 23.1 Å². The van der Waals surface area contributed by atoms with E-state index in [1.165, 1.54) is 0 Å². The average molecular weight is 451 g/mol. The molecule has 1 fully saturated rings. The first-order valence-electron chi connectivity index (χ1n) is 10.5. The van der Waals surface area contributed by atoms with Gasteiger partial charge in [-0.25, -0.2) is 0 Å².